The molecular formula is C22H25N3O. The Balaban J connectivity index is 1.47. The lowest BCUT2D eigenvalue weighted by Gasteiger charge is -2.28. The maximum atomic E-state index is 12.7. The van der Waals surface area contributed by atoms with Gasteiger partial charge in [0.25, 0.3) is 0 Å². The summed E-state index contributed by atoms with van der Waals surface area (Å²) in [6.45, 7) is 2.20. The van der Waals surface area contributed by atoms with Gasteiger partial charge in [0.15, 0.2) is 0 Å². The molecule has 2 heterocycles. The molecule has 1 aliphatic heterocycles. The van der Waals surface area contributed by atoms with Crippen molar-refractivity contribution >= 4 is 22.6 Å². The second-order valence-electron chi connectivity index (χ2n) is 7.07. The van der Waals surface area contributed by atoms with E-state index >= 15 is 0 Å². The third-order valence-corrected chi connectivity index (χ3v) is 5.22. The van der Waals surface area contributed by atoms with E-state index in [0.717, 1.165) is 37.0 Å². The number of hydrogen-bond acceptors (Lipinski definition) is 3. The summed E-state index contributed by atoms with van der Waals surface area (Å²) >= 11 is 0. The fraction of sp³-hybridized carbons (Fsp3) is 0.364. The highest BCUT2D eigenvalue weighted by atomic mass is 16.2. The van der Waals surface area contributed by atoms with Gasteiger partial charge in [0.1, 0.15) is 6.33 Å². The maximum absolute atomic E-state index is 12.7. The Kier molecular flexibility index (Phi) is 5.00. The highest BCUT2D eigenvalue weighted by Crippen LogP contribution is 2.24. The molecule has 1 saturated heterocycles. The molecule has 0 spiro atoms. The number of rotatable bonds is 5. The lowest BCUT2D eigenvalue weighted by molar-refractivity contribution is 0.0905. The Morgan fingerprint density at radius 2 is 1.81 bits per heavy atom. The summed E-state index contributed by atoms with van der Waals surface area (Å²) < 4.78 is 1.73. The molecule has 2 aromatic carbocycles. The predicted molar refractivity (Wildman–Crippen MR) is 106 cm³/mol. The Hall–Kier alpha value is -2.62. The van der Waals surface area contributed by atoms with E-state index in [2.05, 4.69) is 34.1 Å². The molecule has 1 aromatic heterocycles. The quantitative estimate of drug-likeness (QED) is 0.672. The lowest BCUT2D eigenvalue weighted by Crippen LogP contribution is -2.29. The average molecular weight is 347 g/mol. The molecule has 0 radical (unpaired) electrons. The average Bonchev–Trinajstić information content (AvgIpc) is 3.13. The molecule has 0 atom stereocenters. The van der Waals surface area contributed by atoms with Gasteiger partial charge in [-0.25, -0.2) is 4.98 Å². The van der Waals surface area contributed by atoms with Gasteiger partial charge in [0.2, 0.25) is 5.91 Å². The van der Waals surface area contributed by atoms with Crippen LogP contribution in [0.15, 0.2) is 54.9 Å². The van der Waals surface area contributed by atoms with E-state index in [4.69, 9.17) is 0 Å². The zero-order valence-corrected chi connectivity index (χ0v) is 15.1. The summed E-state index contributed by atoms with van der Waals surface area (Å²) in [6, 6.07) is 16.6. The third-order valence-electron chi connectivity index (χ3n) is 5.22. The van der Waals surface area contributed by atoms with Gasteiger partial charge < -0.3 is 4.90 Å². The minimum absolute atomic E-state index is 0.124. The molecule has 1 fully saturated rings. The molecule has 0 bridgehead atoms. The van der Waals surface area contributed by atoms with Crippen LogP contribution in [0.3, 0.4) is 0 Å². The molecule has 134 valence electrons. The lowest BCUT2D eigenvalue weighted by atomic mass is 10.1. The predicted octanol–water partition coefficient (Wildman–Crippen LogP) is 4.69. The van der Waals surface area contributed by atoms with E-state index < -0.39 is 0 Å². The second kappa shape index (κ2) is 7.73. The van der Waals surface area contributed by atoms with Crippen molar-refractivity contribution in [2.75, 3.05) is 18.0 Å². The van der Waals surface area contributed by atoms with Gasteiger partial charge in [-0.1, -0.05) is 30.3 Å². The fourth-order valence-corrected chi connectivity index (χ4v) is 3.75. The third kappa shape index (κ3) is 3.64. The summed E-state index contributed by atoms with van der Waals surface area (Å²) in [6.07, 6.45) is 7.80. The van der Waals surface area contributed by atoms with Gasteiger partial charge in [-0.15, -0.1) is 0 Å². The molecule has 0 unspecified atom stereocenters. The minimum atomic E-state index is 0.124. The van der Waals surface area contributed by atoms with Crippen molar-refractivity contribution in [2.24, 2.45) is 0 Å². The SMILES string of the molecule is O=C(CCCc1ccccc1)n1cnc2ccc(N3CCCCC3)cc21. The number of hydrogen-bond donors (Lipinski definition) is 0. The van der Waals surface area contributed by atoms with Gasteiger partial charge in [0, 0.05) is 25.2 Å². The minimum Gasteiger partial charge on any atom is -0.371 e. The largest absolute Gasteiger partial charge is 0.371 e. The Morgan fingerprint density at radius 3 is 2.62 bits per heavy atom. The summed E-state index contributed by atoms with van der Waals surface area (Å²) in [4.78, 5) is 19.5. The van der Waals surface area contributed by atoms with Crippen molar-refractivity contribution in [2.45, 2.75) is 38.5 Å². The molecular weight excluding hydrogens is 322 g/mol. The van der Waals surface area contributed by atoms with Crippen LogP contribution in [0.4, 0.5) is 5.69 Å². The number of carbonyl (C=O) groups excluding carboxylic acids is 1. The normalized spacial score (nSPS) is 14.7. The van der Waals surface area contributed by atoms with E-state index in [1.807, 2.05) is 24.3 Å². The maximum Gasteiger partial charge on any atom is 0.232 e. The first-order valence-corrected chi connectivity index (χ1v) is 9.60. The first-order valence-electron chi connectivity index (χ1n) is 9.60. The summed E-state index contributed by atoms with van der Waals surface area (Å²) in [5.74, 6) is 0.124. The van der Waals surface area contributed by atoms with Crippen LogP contribution in [0.25, 0.3) is 11.0 Å². The zero-order chi connectivity index (χ0) is 17.8. The number of anilines is 1. The molecule has 4 heteroatoms. The number of nitrogens with zero attached hydrogens (tertiary/aromatic N) is 3. The van der Waals surface area contributed by atoms with E-state index in [0.29, 0.717) is 6.42 Å². The molecule has 0 saturated carbocycles. The molecule has 0 N–H and O–H groups in total. The number of fused-ring (bicyclic) bond motifs is 1. The second-order valence-corrected chi connectivity index (χ2v) is 7.07. The first kappa shape index (κ1) is 16.8. The van der Waals surface area contributed by atoms with E-state index in [1.54, 1.807) is 10.9 Å². The van der Waals surface area contributed by atoms with Gasteiger partial charge in [-0.3, -0.25) is 9.36 Å². The number of aryl methyl sites for hydroxylation is 1. The topological polar surface area (TPSA) is 38.1 Å². The molecule has 26 heavy (non-hydrogen) atoms. The van der Waals surface area contributed by atoms with Crippen molar-refractivity contribution in [1.82, 2.24) is 9.55 Å². The van der Waals surface area contributed by atoms with Crippen molar-refractivity contribution in [3.63, 3.8) is 0 Å². The van der Waals surface area contributed by atoms with Crippen LogP contribution in [0.1, 0.15) is 42.5 Å². The van der Waals surface area contributed by atoms with Gasteiger partial charge >= 0.3 is 0 Å². The highest BCUT2D eigenvalue weighted by molar-refractivity contribution is 5.91. The highest BCUT2D eigenvalue weighted by Gasteiger charge is 2.15. The fourth-order valence-electron chi connectivity index (χ4n) is 3.75. The number of carbonyl (C=O) groups is 1. The van der Waals surface area contributed by atoms with E-state index in [-0.39, 0.29) is 5.91 Å². The summed E-state index contributed by atoms with van der Waals surface area (Å²) in [5, 5.41) is 0. The molecule has 0 aliphatic carbocycles. The molecule has 0 amide bonds. The van der Waals surface area contributed by atoms with Crippen LogP contribution >= 0.6 is 0 Å². The number of imidazole rings is 1. The summed E-state index contributed by atoms with van der Waals surface area (Å²) in [5.41, 5.74) is 4.30. The summed E-state index contributed by atoms with van der Waals surface area (Å²) in [7, 11) is 0. The Bertz CT molecular complexity index is 879. The van der Waals surface area contributed by atoms with Gasteiger partial charge in [-0.05, 0) is 55.9 Å². The van der Waals surface area contributed by atoms with E-state index in [9.17, 15) is 4.79 Å². The van der Waals surface area contributed by atoms with Crippen LogP contribution in [0, 0.1) is 0 Å². The van der Waals surface area contributed by atoms with Crippen LogP contribution in [-0.2, 0) is 6.42 Å². The standard InChI is InChI=1S/C22H25N3O/c26-22(11-7-10-18-8-3-1-4-9-18)25-17-23-20-13-12-19(16-21(20)25)24-14-5-2-6-15-24/h1,3-4,8-9,12-13,16-17H,2,5-7,10-11,14-15H2. The molecule has 4 rings (SSSR count). The van der Waals surface area contributed by atoms with Crippen LogP contribution < -0.4 is 4.90 Å². The van der Waals surface area contributed by atoms with Crippen LogP contribution in [0.5, 0.6) is 0 Å². The molecule has 1 aliphatic rings. The van der Waals surface area contributed by atoms with Crippen LogP contribution in [-0.4, -0.2) is 28.5 Å². The van der Waals surface area contributed by atoms with Gasteiger partial charge in [0.05, 0.1) is 11.0 Å². The monoisotopic (exact) mass is 347 g/mol. The van der Waals surface area contributed by atoms with Gasteiger partial charge in [-0.2, -0.15) is 0 Å². The van der Waals surface area contributed by atoms with Crippen molar-refractivity contribution < 1.29 is 4.79 Å². The van der Waals surface area contributed by atoms with Crippen LogP contribution in [0.2, 0.25) is 0 Å². The Morgan fingerprint density at radius 1 is 1.00 bits per heavy atom. The number of aromatic nitrogens is 2. The number of benzene rings is 2. The molecule has 4 nitrogen and oxygen atoms in total. The van der Waals surface area contributed by atoms with Crippen molar-refractivity contribution in [3.8, 4) is 0 Å². The zero-order valence-electron chi connectivity index (χ0n) is 15.1. The number of piperidine rings is 1. The Labute approximate surface area is 154 Å². The van der Waals surface area contributed by atoms with Crippen molar-refractivity contribution in [3.05, 3.63) is 60.4 Å². The first-order chi connectivity index (χ1) is 12.8. The smallest absolute Gasteiger partial charge is 0.232 e. The molecule has 3 aromatic rings. The van der Waals surface area contributed by atoms with E-state index in [1.165, 1.54) is 30.5 Å². The van der Waals surface area contributed by atoms with Crippen molar-refractivity contribution in [1.29, 1.82) is 0 Å².